The lowest BCUT2D eigenvalue weighted by Gasteiger charge is -2.04. The van der Waals surface area contributed by atoms with Crippen LogP contribution in [0.15, 0.2) is 34.3 Å². The van der Waals surface area contributed by atoms with Gasteiger partial charge in [-0.15, -0.1) is 11.3 Å². The van der Waals surface area contributed by atoms with E-state index in [4.69, 9.17) is 14.9 Å². The summed E-state index contributed by atoms with van der Waals surface area (Å²) >= 11 is 1.50. The van der Waals surface area contributed by atoms with Crippen LogP contribution in [0.5, 0.6) is 5.88 Å². The molecule has 0 saturated carbocycles. The van der Waals surface area contributed by atoms with Crippen LogP contribution in [0.1, 0.15) is 5.76 Å². The van der Waals surface area contributed by atoms with Gasteiger partial charge in [0.25, 0.3) is 0 Å². The molecule has 3 rings (SSSR count). The van der Waals surface area contributed by atoms with Crippen LogP contribution in [-0.2, 0) is 6.61 Å². The van der Waals surface area contributed by atoms with Gasteiger partial charge in [0.05, 0.1) is 11.6 Å². The molecule has 0 amide bonds. The number of anilines is 1. The summed E-state index contributed by atoms with van der Waals surface area (Å²) < 4.78 is 10.8. The predicted octanol–water partition coefficient (Wildman–Crippen LogP) is 2.45. The van der Waals surface area contributed by atoms with Gasteiger partial charge in [0, 0.05) is 0 Å². The number of aromatic nitrogens is 2. The predicted molar refractivity (Wildman–Crippen MR) is 64.9 cm³/mol. The smallest absolute Gasteiger partial charge is 0.227 e. The largest absolute Gasteiger partial charge is 0.469 e. The molecular formula is C11H9N3O2S. The third-order valence-electron chi connectivity index (χ3n) is 2.24. The topological polar surface area (TPSA) is 74.2 Å². The van der Waals surface area contributed by atoms with E-state index in [2.05, 4.69) is 9.97 Å². The number of nitrogens with two attached hydrogens (primary N) is 1. The van der Waals surface area contributed by atoms with Crippen molar-refractivity contribution < 1.29 is 9.15 Å². The number of nitrogens with zero attached hydrogens (tertiary/aromatic N) is 2. The van der Waals surface area contributed by atoms with Crippen molar-refractivity contribution in [1.82, 2.24) is 9.97 Å². The molecule has 5 nitrogen and oxygen atoms in total. The summed E-state index contributed by atoms with van der Waals surface area (Å²) in [5, 5.41) is 2.80. The van der Waals surface area contributed by atoms with Crippen molar-refractivity contribution in [3.8, 4) is 5.88 Å². The minimum atomic E-state index is 0.217. The van der Waals surface area contributed by atoms with Gasteiger partial charge in [-0.1, -0.05) is 0 Å². The molecule has 0 unspecified atom stereocenters. The maximum atomic E-state index is 5.61. The third-order valence-corrected chi connectivity index (χ3v) is 3.05. The second-order valence-corrected chi connectivity index (χ2v) is 4.29. The van der Waals surface area contributed by atoms with Crippen molar-refractivity contribution in [2.75, 3.05) is 5.73 Å². The lowest BCUT2D eigenvalue weighted by atomic mass is 10.4. The number of ether oxygens (including phenoxy) is 1. The maximum absolute atomic E-state index is 5.61. The Morgan fingerprint density at radius 2 is 2.29 bits per heavy atom. The van der Waals surface area contributed by atoms with Crippen LogP contribution < -0.4 is 10.5 Å². The Morgan fingerprint density at radius 1 is 1.35 bits per heavy atom. The molecule has 0 aromatic carbocycles. The monoisotopic (exact) mass is 247 g/mol. The van der Waals surface area contributed by atoms with Gasteiger partial charge < -0.3 is 14.9 Å². The quantitative estimate of drug-likeness (QED) is 0.769. The van der Waals surface area contributed by atoms with E-state index in [1.54, 1.807) is 6.26 Å². The molecule has 2 N–H and O–H groups in total. The average Bonchev–Trinajstić information content (AvgIpc) is 2.95. The first-order valence-corrected chi connectivity index (χ1v) is 5.87. The molecule has 3 heterocycles. The van der Waals surface area contributed by atoms with Crippen LogP contribution in [0.2, 0.25) is 0 Å². The fourth-order valence-electron chi connectivity index (χ4n) is 1.49. The zero-order valence-electron chi connectivity index (χ0n) is 8.79. The van der Waals surface area contributed by atoms with Crippen molar-refractivity contribution in [2.24, 2.45) is 0 Å². The molecule has 3 aromatic heterocycles. The van der Waals surface area contributed by atoms with Gasteiger partial charge >= 0.3 is 0 Å². The van der Waals surface area contributed by atoms with E-state index in [0.717, 1.165) is 16.0 Å². The summed E-state index contributed by atoms with van der Waals surface area (Å²) in [6.45, 7) is 0.328. The van der Waals surface area contributed by atoms with Gasteiger partial charge in [-0.05, 0) is 23.6 Å². The maximum Gasteiger partial charge on any atom is 0.227 e. The second kappa shape index (κ2) is 4.06. The molecule has 0 spiro atoms. The molecule has 0 saturated heterocycles. The van der Waals surface area contributed by atoms with E-state index in [-0.39, 0.29) is 5.95 Å². The van der Waals surface area contributed by atoms with Crippen LogP contribution in [0.4, 0.5) is 5.95 Å². The first-order chi connectivity index (χ1) is 8.33. The highest BCUT2D eigenvalue weighted by Gasteiger charge is 2.09. The first-order valence-electron chi connectivity index (χ1n) is 4.99. The van der Waals surface area contributed by atoms with Crippen molar-refractivity contribution in [3.05, 3.63) is 35.6 Å². The summed E-state index contributed by atoms with van der Waals surface area (Å²) in [6.07, 6.45) is 1.60. The molecule has 0 atom stereocenters. The van der Waals surface area contributed by atoms with E-state index >= 15 is 0 Å². The van der Waals surface area contributed by atoms with Gasteiger partial charge in [-0.25, -0.2) is 4.98 Å². The molecule has 0 radical (unpaired) electrons. The Morgan fingerprint density at radius 3 is 3.12 bits per heavy atom. The average molecular weight is 247 g/mol. The summed E-state index contributed by atoms with van der Waals surface area (Å²) in [7, 11) is 0. The van der Waals surface area contributed by atoms with Crippen LogP contribution in [-0.4, -0.2) is 9.97 Å². The molecule has 0 aliphatic rings. The summed E-state index contributed by atoms with van der Waals surface area (Å²) in [4.78, 5) is 9.03. The van der Waals surface area contributed by atoms with Crippen LogP contribution in [0.3, 0.4) is 0 Å². The Labute approximate surface area is 101 Å². The van der Waals surface area contributed by atoms with Crippen LogP contribution in [0, 0.1) is 0 Å². The number of fused-ring (bicyclic) bond motifs is 1. The van der Waals surface area contributed by atoms with Crippen molar-refractivity contribution in [1.29, 1.82) is 0 Å². The SMILES string of the molecule is Nc1nc(OCc2ccco2)c2ccsc2n1. The van der Waals surface area contributed by atoms with Crippen molar-refractivity contribution >= 4 is 27.5 Å². The van der Waals surface area contributed by atoms with Crippen LogP contribution in [0.25, 0.3) is 10.2 Å². The molecule has 0 aliphatic heterocycles. The number of hydrogen-bond acceptors (Lipinski definition) is 6. The van der Waals surface area contributed by atoms with Gasteiger partial charge in [0.15, 0.2) is 0 Å². The zero-order valence-corrected chi connectivity index (χ0v) is 9.61. The highest BCUT2D eigenvalue weighted by atomic mass is 32.1. The normalized spacial score (nSPS) is 10.8. The standard InChI is InChI=1S/C11H9N3O2S/c12-11-13-9(8-3-5-17-10(8)14-11)16-6-7-2-1-4-15-7/h1-5H,6H2,(H2,12,13,14). The minimum absolute atomic E-state index is 0.217. The molecule has 3 aromatic rings. The highest BCUT2D eigenvalue weighted by molar-refractivity contribution is 7.16. The summed E-state index contributed by atoms with van der Waals surface area (Å²) in [6, 6.07) is 5.57. The number of nitrogen functional groups attached to an aromatic ring is 1. The lowest BCUT2D eigenvalue weighted by Crippen LogP contribution is -2.00. The van der Waals surface area contributed by atoms with Gasteiger partial charge in [-0.2, -0.15) is 4.98 Å². The molecule has 86 valence electrons. The lowest BCUT2D eigenvalue weighted by molar-refractivity contribution is 0.264. The molecule has 6 heteroatoms. The number of rotatable bonds is 3. The van der Waals surface area contributed by atoms with E-state index in [1.165, 1.54) is 11.3 Å². The summed E-state index contributed by atoms with van der Waals surface area (Å²) in [5.41, 5.74) is 5.61. The zero-order chi connectivity index (χ0) is 11.7. The minimum Gasteiger partial charge on any atom is -0.469 e. The third kappa shape index (κ3) is 1.94. The Kier molecular flexibility index (Phi) is 2.41. The van der Waals surface area contributed by atoms with Gasteiger partial charge in [-0.3, -0.25) is 0 Å². The Hall–Kier alpha value is -2.08. The van der Waals surface area contributed by atoms with Crippen LogP contribution >= 0.6 is 11.3 Å². The van der Waals surface area contributed by atoms with E-state index in [1.807, 2.05) is 23.6 Å². The number of furan rings is 1. The molecule has 0 aliphatic carbocycles. The Bertz CT molecular complexity index is 633. The van der Waals surface area contributed by atoms with E-state index < -0.39 is 0 Å². The molecule has 17 heavy (non-hydrogen) atoms. The van der Waals surface area contributed by atoms with Gasteiger partial charge in [0.2, 0.25) is 11.8 Å². The highest BCUT2D eigenvalue weighted by Crippen LogP contribution is 2.27. The Balaban J connectivity index is 1.91. The molecular weight excluding hydrogens is 238 g/mol. The molecule has 0 bridgehead atoms. The summed E-state index contributed by atoms with van der Waals surface area (Å²) in [5.74, 6) is 1.45. The number of thiophene rings is 1. The van der Waals surface area contributed by atoms with Gasteiger partial charge in [0.1, 0.15) is 17.2 Å². The van der Waals surface area contributed by atoms with E-state index in [9.17, 15) is 0 Å². The second-order valence-electron chi connectivity index (χ2n) is 3.39. The number of hydrogen-bond donors (Lipinski definition) is 1. The first kappa shape index (κ1) is 10.1. The fourth-order valence-corrected chi connectivity index (χ4v) is 2.25. The fraction of sp³-hybridized carbons (Fsp3) is 0.0909. The van der Waals surface area contributed by atoms with E-state index in [0.29, 0.717) is 12.5 Å². The van der Waals surface area contributed by atoms with Crippen molar-refractivity contribution in [2.45, 2.75) is 6.61 Å². The molecule has 0 fully saturated rings. The van der Waals surface area contributed by atoms with Crippen molar-refractivity contribution in [3.63, 3.8) is 0 Å².